The van der Waals surface area contributed by atoms with Crippen LogP contribution in [0.4, 0.5) is 0 Å². The zero-order chi connectivity index (χ0) is 13.0. The van der Waals surface area contributed by atoms with Crippen molar-refractivity contribution >= 4 is 16.8 Å². The van der Waals surface area contributed by atoms with Crippen molar-refractivity contribution in [3.63, 3.8) is 0 Å². The molecule has 1 aromatic carbocycles. The molecule has 0 fully saturated rings. The molecule has 0 aliphatic carbocycles. The predicted octanol–water partition coefficient (Wildman–Crippen LogP) is 0.883. The second kappa shape index (κ2) is 5.39. The molecule has 4 heteroatoms. The van der Waals surface area contributed by atoms with Gasteiger partial charge in [-0.3, -0.25) is 4.79 Å². The molecule has 0 spiro atoms. The van der Waals surface area contributed by atoms with Gasteiger partial charge in [0.1, 0.15) is 6.54 Å². The molecule has 1 amide bonds. The summed E-state index contributed by atoms with van der Waals surface area (Å²) in [6.45, 7) is 0.500. The van der Waals surface area contributed by atoms with Crippen LogP contribution in [0.3, 0.4) is 0 Å². The molecule has 2 rings (SSSR count). The number of hydrogen-bond donors (Lipinski definition) is 2. The van der Waals surface area contributed by atoms with Gasteiger partial charge in [-0.2, -0.15) is 0 Å². The third-order valence-corrected chi connectivity index (χ3v) is 2.72. The number of rotatable bonds is 4. The van der Waals surface area contributed by atoms with Crippen LogP contribution in [0.1, 0.15) is 5.56 Å². The molecule has 0 aliphatic rings. The number of hydrogen-bond acceptors (Lipinski definition) is 2. The molecule has 2 N–H and O–H groups in total. The van der Waals surface area contributed by atoms with E-state index < -0.39 is 0 Å². The molecule has 0 saturated carbocycles. The average molecular weight is 242 g/mol. The van der Waals surface area contributed by atoms with Gasteiger partial charge in [-0.15, -0.1) is 6.42 Å². The number of aliphatic hydroxyl groups is 1. The molecule has 2 aromatic rings. The van der Waals surface area contributed by atoms with Gasteiger partial charge in [-0.25, -0.2) is 0 Å². The molecule has 0 unspecified atom stereocenters. The van der Waals surface area contributed by atoms with Crippen LogP contribution in [0.5, 0.6) is 0 Å². The number of aliphatic hydroxyl groups excluding tert-OH is 1. The van der Waals surface area contributed by atoms with Crippen molar-refractivity contribution in [3.05, 3.63) is 36.0 Å². The Hall–Kier alpha value is -2.25. The average Bonchev–Trinajstić information content (AvgIpc) is 2.78. The van der Waals surface area contributed by atoms with Crippen molar-refractivity contribution in [2.24, 2.45) is 0 Å². The Morgan fingerprint density at radius 1 is 1.44 bits per heavy atom. The van der Waals surface area contributed by atoms with Crippen molar-refractivity contribution in [3.8, 4) is 12.3 Å². The van der Waals surface area contributed by atoms with E-state index in [1.54, 1.807) is 0 Å². The predicted molar refractivity (Wildman–Crippen MR) is 69.7 cm³/mol. The number of fused-ring (bicyclic) bond motifs is 1. The Labute approximate surface area is 105 Å². The fourth-order valence-corrected chi connectivity index (χ4v) is 1.85. The van der Waals surface area contributed by atoms with E-state index in [0.717, 1.165) is 16.5 Å². The maximum Gasteiger partial charge on any atom is 0.240 e. The molecular weight excluding hydrogens is 228 g/mol. The number of aromatic nitrogens is 1. The third-order valence-electron chi connectivity index (χ3n) is 2.72. The van der Waals surface area contributed by atoms with E-state index in [1.165, 1.54) is 0 Å². The second-order valence-electron chi connectivity index (χ2n) is 3.98. The lowest BCUT2D eigenvalue weighted by atomic mass is 10.2. The Morgan fingerprint density at radius 3 is 3.00 bits per heavy atom. The van der Waals surface area contributed by atoms with Crippen LogP contribution >= 0.6 is 0 Å². The quantitative estimate of drug-likeness (QED) is 0.782. The highest BCUT2D eigenvalue weighted by atomic mass is 16.3. The van der Waals surface area contributed by atoms with E-state index >= 15 is 0 Å². The highest BCUT2D eigenvalue weighted by Gasteiger charge is 2.05. The number of nitrogens with zero attached hydrogens (tertiary/aromatic N) is 1. The maximum absolute atomic E-state index is 11.6. The highest BCUT2D eigenvalue weighted by Crippen LogP contribution is 2.17. The molecule has 0 saturated heterocycles. The lowest BCUT2D eigenvalue weighted by Gasteiger charge is -2.05. The summed E-state index contributed by atoms with van der Waals surface area (Å²) in [5.41, 5.74) is 1.82. The summed E-state index contributed by atoms with van der Waals surface area (Å²) in [6, 6.07) is 7.57. The number of benzene rings is 1. The SMILES string of the molecule is C#CCNC(=O)Cn1ccc2cc(CO)ccc21. The maximum atomic E-state index is 11.6. The van der Waals surface area contributed by atoms with Gasteiger partial charge in [-0.05, 0) is 29.1 Å². The fourth-order valence-electron chi connectivity index (χ4n) is 1.85. The van der Waals surface area contributed by atoms with Crippen LogP contribution in [0.15, 0.2) is 30.5 Å². The lowest BCUT2D eigenvalue weighted by Crippen LogP contribution is -2.27. The smallest absolute Gasteiger partial charge is 0.240 e. The van der Waals surface area contributed by atoms with Gasteiger partial charge in [0.05, 0.1) is 13.2 Å². The van der Waals surface area contributed by atoms with E-state index in [-0.39, 0.29) is 25.6 Å². The first-order valence-electron chi connectivity index (χ1n) is 5.63. The minimum atomic E-state index is -0.114. The zero-order valence-corrected chi connectivity index (χ0v) is 9.89. The van der Waals surface area contributed by atoms with Crippen molar-refractivity contribution < 1.29 is 9.90 Å². The second-order valence-corrected chi connectivity index (χ2v) is 3.98. The van der Waals surface area contributed by atoms with Gasteiger partial charge in [-0.1, -0.05) is 12.0 Å². The minimum Gasteiger partial charge on any atom is -0.392 e. The summed E-state index contributed by atoms with van der Waals surface area (Å²) in [5.74, 6) is 2.25. The zero-order valence-electron chi connectivity index (χ0n) is 9.89. The highest BCUT2D eigenvalue weighted by molar-refractivity contribution is 5.83. The van der Waals surface area contributed by atoms with Crippen molar-refractivity contribution in [1.82, 2.24) is 9.88 Å². The number of nitrogens with one attached hydrogen (secondary N) is 1. The summed E-state index contributed by atoms with van der Waals surface area (Å²) in [6.07, 6.45) is 6.93. The van der Waals surface area contributed by atoms with Crippen molar-refractivity contribution in [2.75, 3.05) is 6.54 Å². The molecular formula is C14H14N2O2. The number of carbonyl (C=O) groups excluding carboxylic acids is 1. The molecule has 92 valence electrons. The fraction of sp³-hybridized carbons (Fsp3) is 0.214. The Morgan fingerprint density at radius 2 is 2.28 bits per heavy atom. The first kappa shape index (κ1) is 12.2. The first-order chi connectivity index (χ1) is 8.74. The number of terminal acetylenes is 1. The molecule has 1 aromatic heterocycles. The van der Waals surface area contributed by atoms with Crippen LogP contribution in [0.2, 0.25) is 0 Å². The molecule has 18 heavy (non-hydrogen) atoms. The van der Waals surface area contributed by atoms with E-state index in [4.69, 9.17) is 11.5 Å². The normalized spacial score (nSPS) is 10.2. The summed E-state index contributed by atoms with van der Waals surface area (Å²) in [7, 11) is 0. The van der Waals surface area contributed by atoms with E-state index in [2.05, 4.69) is 11.2 Å². The summed E-state index contributed by atoms with van der Waals surface area (Å²) in [5, 5.41) is 12.7. The van der Waals surface area contributed by atoms with Gasteiger partial charge >= 0.3 is 0 Å². The largest absolute Gasteiger partial charge is 0.392 e. The monoisotopic (exact) mass is 242 g/mol. The van der Waals surface area contributed by atoms with E-state index in [1.807, 2.05) is 35.0 Å². The van der Waals surface area contributed by atoms with Crippen molar-refractivity contribution in [2.45, 2.75) is 13.2 Å². The van der Waals surface area contributed by atoms with Gasteiger partial charge in [0.2, 0.25) is 5.91 Å². The molecule has 0 bridgehead atoms. The van der Waals surface area contributed by atoms with Gasteiger partial charge in [0, 0.05) is 11.7 Å². The van der Waals surface area contributed by atoms with Gasteiger partial charge in [0.15, 0.2) is 0 Å². The van der Waals surface area contributed by atoms with Gasteiger partial charge < -0.3 is 15.0 Å². The van der Waals surface area contributed by atoms with E-state index in [0.29, 0.717) is 0 Å². The topological polar surface area (TPSA) is 54.3 Å². The van der Waals surface area contributed by atoms with Crippen LogP contribution in [-0.4, -0.2) is 22.1 Å². The molecule has 0 radical (unpaired) electrons. The van der Waals surface area contributed by atoms with Crippen LogP contribution in [0.25, 0.3) is 10.9 Å². The Balaban J connectivity index is 2.19. The Bertz CT molecular complexity index is 608. The Kier molecular flexibility index (Phi) is 3.66. The molecule has 4 nitrogen and oxygen atoms in total. The van der Waals surface area contributed by atoms with Gasteiger partial charge in [0.25, 0.3) is 0 Å². The van der Waals surface area contributed by atoms with Crippen LogP contribution in [-0.2, 0) is 17.9 Å². The molecule has 0 atom stereocenters. The number of carbonyl (C=O) groups is 1. The summed E-state index contributed by atoms with van der Waals surface area (Å²) >= 11 is 0. The van der Waals surface area contributed by atoms with Crippen molar-refractivity contribution in [1.29, 1.82) is 0 Å². The van der Waals surface area contributed by atoms with Crippen LogP contribution in [0, 0.1) is 12.3 Å². The van der Waals surface area contributed by atoms with E-state index in [9.17, 15) is 4.79 Å². The molecule has 0 aliphatic heterocycles. The summed E-state index contributed by atoms with van der Waals surface area (Å²) in [4.78, 5) is 11.6. The minimum absolute atomic E-state index is 0.0176. The number of amides is 1. The third kappa shape index (κ3) is 2.53. The first-order valence-corrected chi connectivity index (χ1v) is 5.63. The molecule has 1 heterocycles. The lowest BCUT2D eigenvalue weighted by molar-refractivity contribution is -0.121. The standard InChI is InChI=1S/C14H14N2O2/c1-2-6-15-14(18)9-16-7-5-12-8-11(10-17)3-4-13(12)16/h1,3-5,7-8,17H,6,9-10H2,(H,15,18). The van der Waals surface area contributed by atoms with Crippen LogP contribution < -0.4 is 5.32 Å². The summed E-state index contributed by atoms with van der Waals surface area (Å²) < 4.78 is 1.85.